The van der Waals surface area contributed by atoms with Crippen molar-refractivity contribution in [3.63, 3.8) is 0 Å². The predicted octanol–water partition coefficient (Wildman–Crippen LogP) is 5.41. The zero-order valence-electron chi connectivity index (χ0n) is 14.8. The van der Waals surface area contributed by atoms with Crippen molar-refractivity contribution in [3.8, 4) is 0 Å². The zero-order chi connectivity index (χ0) is 16.0. The predicted molar refractivity (Wildman–Crippen MR) is 91.0 cm³/mol. The second-order valence-electron chi connectivity index (χ2n) is 6.69. The Bertz CT molecular complexity index is 278. The Morgan fingerprint density at radius 2 is 1.45 bits per heavy atom. The zero-order valence-corrected chi connectivity index (χ0v) is 14.8. The van der Waals surface area contributed by atoms with E-state index < -0.39 is 0 Å². The number of hydrogen-bond acceptors (Lipinski definition) is 3. The van der Waals surface area contributed by atoms with Gasteiger partial charge in [-0.25, -0.2) is 0 Å². The van der Waals surface area contributed by atoms with Gasteiger partial charge in [-0.2, -0.15) is 0 Å². The summed E-state index contributed by atoms with van der Waals surface area (Å²) in [6.07, 6.45) is 17.9. The Hall–Kier alpha value is -0.570. The Labute approximate surface area is 137 Å². The van der Waals surface area contributed by atoms with Crippen LogP contribution in [0.1, 0.15) is 96.8 Å². The molecule has 0 amide bonds. The standard InChI is InChI=1S/C19H36O3/c1-3-4-9-12-17-15-16-18(22-17)13-10-7-5-6-8-11-14-19(20)21-2/h17-18H,3-16H2,1-2H3/t17-,18+/m0/s1. The molecule has 0 aliphatic carbocycles. The summed E-state index contributed by atoms with van der Waals surface area (Å²) in [5, 5.41) is 0. The molecule has 1 rings (SSSR count). The maximum absolute atomic E-state index is 11.0. The number of carbonyl (C=O) groups is 1. The van der Waals surface area contributed by atoms with Crippen molar-refractivity contribution in [2.45, 2.75) is 109 Å². The molecule has 0 unspecified atom stereocenters. The first-order valence-electron chi connectivity index (χ1n) is 9.48. The minimum Gasteiger partial charge on any atom is -0.469 e. The summed E-state index contributed by atoms with van der Waals surface area (Å²) in [7, 11) is 1.46. The Morgan fingerprint density at radius 3 is 2.05 bits per heavy atom. The molecule has 3 heteroatoms. The lowest BCUT2D eigenvalue weighted by Crippen LogP contribution is -2.10. The highest BCUT2D eigenvalue weighted by molar-refractivity contribution is 5.68. The average molecular weight is 312 g/mol. The van der Waals surface area contributed by atoms with Gasteiger partial charge in [-0.05, 0) is 32.1 Å². The molecule has 0 saturated carbocycles. The monoisotopic (exact) mass is 312 g/mol. The van der Waals surface area contributed by atoms with Crippen molar-refractivity contribution < 1.29 is 14.3 Å². The van der Waals surface area contributed by atoms with Gasteiger partial charge in [0.15, 0.2) is 0 Å². The number of esters is 1. The van der Waals surface area contributed by atoms with E-state index in [4.69, 9.17) is 4.74 Å². The molecule has 1 saturated heterocycles. The molecule has 1 fully saturated rings. The Balaban J connectivity index is 1.86. The summed E-state index contributed by atoms with van der Waals surface area (Å²) in [5.74, 6) is -0.0770. The first kappa shape index (κ1) is 19.5. The van der Waals surface area contributed by atoms with Gasteiger partial charge >= 0.3 is 5.97 Å². The highest BCUT2D eigenvalue weighted by Crippen LogP contribution is 2.27. The largest absolute Gasteiger partial charge is 0.469 e. The third-order valence-corrected chi connectivity index (χ3v) is 4.71. The summed E-state index contributed by atoms with van der Waals surface area (Å²) >= 11 is 0. The van der Waals surface area contributed by atoms with Crippen molar-refractivity contribution in [1.82, 2.24) is 0 Å². The van der Waals surface area contributed by atoms with E-state index in [-0.39, 0.29) is 5.97 Å². The van der Waals surface area contributed by atoms with E-state index in [0.29, 0.717) is 18.6 Å². The Kier molecular flexibility index (Phi) is 11.4. The van der Waals surface area contributed by atoms with Crippen LogP contribution >= 0.6 is 0 Å². The SMILES string of the molecule is CCCCC[C@H]1CC[C@@H](CCCCCCCCC(=O)OC)O1. The second kappa shape index (κ2) is 12.9. The Morgan fingerprint density at radius 1 is 0.909 bits per heavy atom. The lowest BCUT2D eigenvalue weighted by Gasteiger charge is -2.13. The quantitative estimate of drug-likeness (QED) is 0.337. The van der Waals surface area contributed by atoms with Gasteiger partial charge in [0.05, 0.1) is 19.3 Å². The van der Waals surface area contributed by atoms with E-state index in [1.165, 1.54) is 77.7 Å². The van der Waals surface area contributed by atoms with E-state index >= 15 is 0 Å². The van der Waals surface area contributed by atoms with Crippen molar-refractivity contribution in [2.75, 3.05) is 7.11 Å². The second-order valence-corrected chi connectivity index (χ2v) is 6.69. The normalized spacial score (nSPS) is 21.2. The van der Waals surface area contributed by atoms with Gasteiger partial charge in [0.1, 0.15) is 0 Å². The number of ether oxygens (including phenoxy) is 2. The van der Waals surface area contributed by atoms with Crippen LogP contribution in [0.4, 0.5) is 0 Å². The van der Waals surface area contributed by atoms with Crippen LogP contribution in [0, 0.1) is 0 Å². The van der Waals surface area contributed by atoms with Gasteiger partial charge in [0.25, 0.3) is 0 Å². The van der Waals surface area contributed by atoms with E-state index in [0.717, 1.165) is 12.8 Å². The van der Waals surface area contributed by atoms with Crippen LogP contribution in [-0.4, -0.2) is 25.3 Å². The van der Waals surface area contributed by atoms with Crippen LogP contribution in [0.25, 0.3) is 0 Å². The molecule has 0 bridgehead atoms. The number of hydrogen-bond donors (Lipinski definition) is 0. The minimum atomic E-state index is -0.0770. The van der Waals surface area contributed by atoms with Gasteiger partial charge in [-0.1, -0.05) is 58.3 Å². The van der Waals surface area contributed by atoms with E-state index in [2.05, 4.69) is 11.7 Å². The maximum atomic E-state index is 11.0. The molecule has 0 N–H and O–H groups in total. The molecule has 0 radical (unpaired) electrons. The molecule has 0 aromatic heterocycles. The average Bonchev–Trinajstić information content (AvgIpc) is 2.97. The van der Waals surface area contributed by atoms with E-state index in [1.807, 2.05) is 0 Å². The summed E-state index contributed by atoms with van der Waals surface area (Å²) in [5.41, 5.74) is 0. The molecule has 0 aromatic rings. The van der Waals surface area contributed by atoms with Crippen LogP contribution in [-0.2, 0) is 14.3 Å². The van der Waals surface area contributed by atoms with Gasteiger partial charge < -0.3 is 9.47 Å². The first-order chi connectivity index (χ1) is 10.8. The lowest BCUT2D eigenvalue weighted by molar-refractivity contribution is -0.140. The van der Waals surface area contributed by atoms with Gasteiger partial charge in [-0.3, -0.25) is 4.79 Å². The fourth-order valence-corrected chi connectivity index (χ4v) is 3.28. The molecule has 0 spiro atoms. The van der Waals surface area contributed by atoms with Crippen molar-refractivity contribution in [1.29, 1.82) is 0 Å². The minimum absolute atomic E-state index is 0.0770. The van der Waals surface area contributed by atoms with Gasteiger partial charge in [0.2, 0.25) is 0 Å². The third-order valence-electron chi connectivity index (χ3n) is 4.71. The lowest BCUT2D eigenvalue weighted by atomic mass is 10.0. The van der Waals surface area contributed by atoms with Crippen LogP contribution in [0.2, 0.25) is 0 Å². The topological polar surface area (TPSA) is 35.5 Å². The van der Waals surface area contributed by atoms with Crippen LogP contribution in [0.15, 0.2) is 0 Å². The molecule has 2 atom stereocenters. The summed E-state index contributed by atoms with van der Waals surface area (Å²) in [6.45, 7) is 2.26. The van der Waals surface area contributed by atoms with Crippen LogP contribution in [0.3, 0.4) is 0 Å². The summed E-state index contributed by atoms with van der Waals surface area (Å²) in [6, 6.07) is 0. The highest BCUT2D eigenvalue weighted by Gasteiger charge is 2.23. The molecule has 130 valence electrons. The molecule has 1 heterocycles. The van der Waals surface area contributed by atoms with Crippen molar-refractivity contribution in [2.24, 2.45) is 0 Å². The van der Waals surface area contributed by atoms with Crippen molar-refractivity contribution >= 4 is 5.97 Å². The van der Waals surface area contributed by atoms with E-state index in [9.17, 15) is 4.79 Å². The maximum Gasteiger partial charge on any atom is 0.305 e. The van der Waals surface area contributed by atoms with E-state index in [1.54, 1.807) is 0 Å². The molecular weight excluding hydrogens is 276 g/mol. The van der Waals surface area contributed by atoms with Gasteiger partial charge in [-0.15, -0.1) is 0 Å². The molecule has 1 aliphatic heterocycles. The number of rotatable bonds is 13. The van der Waals surface area contributed by atoms with Gasteiger partial charge in [0, 0.05) is 6.42 Å². The fourth-order valence-electron chi connectivity index (χ4n) is 3.28. The first-order valence-corrected chi connectivity index (χ1v) is 9.48. The molecule has 22 heavy (non-hydrogen) atoms. The number of methoxy groups -OCH3 is 1. The molecule has 3 nitrogen and oxygen atoms in total. The highest BCUT2D eigenvalue weighted by atomic mass is 16.5. The smallest absolute Gasteiger partial charge is 0.305 e. The van der Waals surface area contributed by atoms with Crippen molar-refractivity contribution in [3.05, 3.63) is 0 Å². The fraction of sp³-hybridized carbons (Fsp3) is 0.947. The summed E-state index contributed by atoms with van der Waals surface area (Å²) in [4.78, 5) is 11.0. The molecular formula is C19H36O3. The summed E-state index contributed by atoms with van der Waals surface area (Å²) < 4.78 is 10.8. The molecule has 1 aliphatic rings. The third kappa shape index (κ3) is 9.45. The van der Waals surface area contributed by atoms with Crippen LogP contribution in [0.5, 0.6) is 0 Å². The molecule has 0 aromatic carbocycles. The number of carbonyl (C=O) groups excluding carboxylic acids is 1. The number of unbranched alkanes of at least 4 members (excludes halogenated alkanes) is 7. The van der Waals surface area contributed by atoms with Crippen LogP contribution < -0.4 is 0 Å².